The van der Waals surface area contributed by atoms with Gasteiger partial charge in [0.15, 0.2) is 5.13 Å². The van der Waals surface area contributed by atoms with Crippen molar-refractivity contribution in [2.24, 2.45) is 0 Å². The minimum absolute atomic E-state index is 0. The summed E-state index contributed by atoms with van der Waals surface area (Å²) in [5.74, 6) is -0.0794. The number of likely N-dealkylation sites (N-methyl/N-ethyl adjacent to an activating group) is 1. The number of carbonyl (C=O) groups is 1. The highest BCUT2D eigenvalue weighted by atomic mass is 35.5. The second-order valence-electron chi connectivity index (χ2n) is 7.73. The fourth-order valence-electron chi connectivity index (χ4n) is 3.48. The largest absolute Gasteiger partial charge is 0.302 e. The monoisotopic (exact) mass is 483 g/mol. The Labute approximate surface area is 199 Å². The molecule has 0 atom stereocenters. The number of aryl methyl sites for hydroxylation is 2. The zero-order valence-corrected chi connectivity index (χ0v) is 21.4. The maximum Gasteiger partial charge on any atom is 0.278 e. The van der Waals surface area contributed by atoms with Crippen molar-refractivity contribution in [3.05, 3.63) is 40.2 Å². The lowest BCUT2D eigenvalue weighted by Gasteiger charge is -2.25. The van der Waals surface area contributed by atoms with Crippen LogP contribution < -0.4 is 4.90 Å². The predicted octanol–water partition coefficient (Wildman–Crippen LogP) is 5.75. The molecule has 0 bridgehead atoms. The molecule has 0 radical (unpaired) electrons. The second-order valence-corrected chi connectivity index (χ2v) is 9.12. The average molecular weight is 484 g/mol. The fraction of sp³-hybridized carbons (Fsp3) is 0.500. The van der Waals surface area contributed by atoms with Gasteiger partial charge in [-0.2, -0.15) is 5.10 Å². The number of hydrogen-bond donors (Lipinski definition) is 0. The van der Waals surface area contributed by atoms with Crippen molar-refractivity contribution < 1.29 is 4.79 Å². The summed E-state index contributed by atoms with van der Waals surface area (Å²) < 4.78 is 2.72. The van der Waals surface area contributed by atoms with Crippen LogP contribution in [-0.4, -0.2) is 51.8 Å². The molecule has 9 heteroatoms. The first-order chi connectivity index (χ1) is 14.3. The molecule has 3 aromatic rings. The topological polar surface area (TPSA) is 54.3 Å². The maximum absolute atomic E-state index is 13.7. The van der Waals surface area contributed by atoms with E-state index in [2.05, 4.69) is 23.8 Å². The summed E-state index contributed by atoms with van der Waals surface area (Å²) in [4.78, 5) is 22.6. The summed E-state index contributed by atoms with van der Waals surface area (Å²) in [6, 6.07) is 5.81. The smallest absolute Gasteiger partial charge is 0.278 e. The van der Waals surface area contributed by atoms with Crippen LogP contribution in [0.15, 0.2) is 18.2 Å². The molecular weight excluding hydrogens is 453 g/mol. The van der Waals surface area contributed by atoms with E-state index in [1.807, 2.05) is 45.9 Å². The van der Waals surface area contributed by atoms with Crippen LogP contribution in [0.4, 0.5) is 5.13 Å². The molecule has 0 fully saturated rings. The van der Waals surface area contributed by atoms with Gasteiger partial charge in [-0.25, -0.2) is 4.98 Å². The Morgan fingerprint density at radius 1 is 1.19 bits per heavy atom. The van der Waals surface area contributed by atoms with Gasteiger partial charge in [0.25, 0.3) is 5.91 Å². The summed E-state index contributed by atoms with van der Waals surface area (Å²) in [5, 5.41) is 5.87. The highest BCUT2D eigenvalue weighted by Gasteiger charge is 2.26. The Hall–Kier alpha value is -1.67. The third-order valence-electron chi connectivity index (χ3n) is 5.26. The average Bonchev–Trinajstić information content (AvgIpc) is 3.33. The summed E-state index contributed by atoms with van der Waals surface area (Å²) >= 11 is 7.90. The molecule has 0 N–H and O–H groups in total. The molecule has 2 heterocycles. The summed E-state index contributed by atoms with van der Waals surface area (Å²) in [5.41, 5.74) is 3.33. The normalized spacial score (nSPS) is 11.4. The Bertz CT molecular complexity index is 1000. The number of amides is 1. The van der Waals surface area contributed by atoms with Gasteiger partial charge in [0.05, 0.1) is 20.9 Å². The van der Waals surface area contributed by atoms with Crippen LogP contribution in [0.25, 0.3) is 10.2 Å². The minimum Gasteiger partial charge on any atom is -0.302 e. The molecule has 0 saturated heterocycles. The predicted molar refractivity (Wildman–Crippen MR) is 133 cm³/mol. The van der Waals surface area contributed by atoms with Crippen molar-refractivity contribution in [1.82, 2.24) is 19.7 Å². The van der Waals surface area contributed by atoms with Crippen molar-refractivity contribution in [2.45, 2.75) is 47.6 Å². The molecule has 6 nitrogen and oxygen atoms in total. The number of aromatic nitrogens is 3. The summed E-state index contributed by atoms with van der Waals surface area (Å²) in [6.07, 6.45) is 0. The Morgan fingerprint density at radius 2 is 1.87 bits per heavy atom. The fourth-order valence-corrected chi connectivity index (χ4v) is 4.82. The maximum atomic E-state index is 13.7. The molecule has 31 heavy (non-hydrogen) atoms. The van der Waals surface area contributed by atoms with Gasteiger partial charge in [0.1, 0.15) is 5.69 Å². The number of anilines is 1. The van der Waals surface area contributed by atoms with Gasteiger partial charge in [0.2, 0.25) is 0 Å². The van der Waals surface area contributed by atoms with E-state index in [0.717, 1.165) is 41.1 Å². The van der Waals surface area contributed by atoms with Crippen molar-refractivity contribution in [1.29, 1.82) is 0 Å². The number of halogens is 2. The lowest BCUT2D eigenvalue weighted by atomic mass is 10.2. The molecule has 0 aliphatic rings. The molecular formula is C22H31Cl2N5OS. The van der Waals surface area contributed by atoms with E-state index in [9.17, 15) is 4.79 Å². The first kappa shape index (κ1) is 25.6. The SMILES string of the molecule is CCN(CC)CCN(C(=O)c1cc(C)nn1C(C)C)c1nc2c(C)ccc(Cl)c2s1.Cl. The number of thiazole rings is 1. The number of benzene rings is 1. The van der Waals surface area contributed by atoms with Crippen molar-refractivity contribution in [2.75, 3.05) is 31.1 Å². The van der Waals surface area contributed by atoms with E-state index in [-0.39, 0.29) is 24.4 Å². The van der Waals surface area contributed by atoms with Crippen LogP contribution in [0.1, 0.15) is 55.5 Å². The van der Waals surface area contributed by atoms with Crippen LogP contribution in [0, 0.1) is 13.8 Å². The van der Waals surface area contributed by atoms with E-state index in [4.69, 9.17) is 16.6 Å². The highest BCUT2D eigenvalue weighted by molar-refractivity contribution is 7.23. The lowest BCUT2D eigenvalue weighted by molar-refractivity contribution is 0.0971. The van der Waals surface area contributed by atoms with Crippen molar-refractivity contribution in [3.63, 3.8) is 0 Å². The zero-order valence-electron chi connectivity index (χ0n) is 19.0. The standard InChI is InChI=1S/C22H30ClN5OS.ClH/c1-7-26(8-2)11-12-27(21(29)18-13-16(6)25-28(18)14(3)4)22-24-19-15(5)9-10-17(23)20(19)30-22;/h9-10,13-14H,7-8,11-12H2,1-6H3;1H. The van der Waals surface area contributed by atoms with Crippen molar-refractivity contribution in [3.8, 4) is 0 Å². The molecule has 0 aliphatic heterocycles. The summed E-state index contributed by atoms with van der Waals surface area (Å²) in [7, 11) is 0. The molecule has 0 spiro atoms. The van der Waals surface area contributed by atoms with Crippen LogP contribution in [0.3, 0.4) is 0 Å². The molecule has 0 unspecified atom stereocenters. The number of fused-ring (bicyclic) bond motifs is 1. The molecule has 0 aliphatic carbocycles. The van der Waals surface area contributed by atoms with Gasteiger partial charge in [0, 0.05) is 19.1 Å². The number of carbonyl (C=O) groups excluding carboxylic acids is 1. The minimum atomic E-state index is -0.0794. The Kier molecular flexibility index (Phi) is 8.89. The number of rotatable bonds is 8. The molecule has 1 aromatic carbocycles. The molecule has 1 amide bonds. The molecule has 0 saturated carbocycles. The molecule has 2 aromatic heterocycles. The highest BCUT2D eigenvalue weighted by Crippen LogP contribution is 2.36. The van der Waals surface area contributed by atoms with E-state index >= 15 is 0 Å². The van der Waals surface area contributed by atoms with Crippen LogP contribution in [0.2, 0.25) is 5.02 Å². The summed E-state index contributed by atoms with van der Waals surface area (Å²) in [6.45, 7) is 15.5. The van der Waals surface area contributed by atoms with E-state index in [1.165, 1.54) is 11.3 Å². The van der Waals surface area contributed by atoms with Crippen LogP contribution in [0.5, 0.6) is 0 Å². The van der Waals surface area contributed by atoms with Crippen LogP contribution >= 0.6 is 35.3 Å². The third kappa shape index (κ3) is 5.40. The first-order valence-electron chi connectivity index (χ1n) is 10.4. The van der Waals surface area contributed by atoms with Gasteiger partial charge in [-0.15, -0.1) is 12.4 Å². The van der Waals surface area contributed by atoms with Gasteiger partial charge in [-0.05, 0) is 58.5 Å². The van der Waals surface area contributed by atoms with Gasteiger partial charge in [-0.1, -0.05) is 42.9 Å². The first-order valence-corrected chi connectivity index (χ1v) is 11.6. The van der Waals surface area contributed by atoms with Crippen LogP contribution in [-0.2, 0) is 0 Å². The number of hydrogen-bond acceptors (Lipinski definition) is 5. The van der Waals surface area contributed by atoms with Gasteiger partial charge in [-0.3, -0.25) is 14.4 Å². The second kappa shape index (κ2) is 10.8. The molecule has 3 rings (SSSR count). The Morgan fingerprint density at radius 3 is 2.45 bits per heavy atom. The zero-order chi connectivity index (χ0) is 22.0. The van der Waals surface area contributed by atoms with E-state index in [0.29, 0.717) is 22.4 Å². The van der Waals surface area contributed by atoms with E-state index in [1.54, 1.807) is 9.58 Å². The lowest BCUT2D eigenvalue weighted by Crippen LogP contribution is -2.39. The third-order valence-corrected chi connectivity index (χ3v) is 6.80. The van der Waals surface area contributed by atoms with Gasteiger partial charge < -0.3 is 4.90 Å². The number of nitrogens with zero attached hydrogens (tertiary/aromatic N) is 5. The quantitative estimate of drug-likeness (QED) is 0.408. The van der Waals surface area contributed by atoms with E-state index < -0.39 is 0 Å². The van der Waals surface area contributed by atoms with Crippen molar-refractivity contribution >= 4 is 56.6 Å². The van der Waals surface area contributed by atoms with Gasteiger partial charge >= 0.3 is 0 Å². The Balaban J connectivity index is 0.00000341. The molecule has 170 valence electrons.